The summed E-state index contributed by atoms with van der Waals surface area (Å²) < 4.78 is 0. The van der Waals surface area contributed by atoms with Crippen molar-refractivity contribution in [3.63, 3.8) is 0 Å². The van der Waals surface area contributed by atoms with Crippen LogP contribution in [0, 0.1) is 45.3 Å². The molecule has 0 saturated heterocycles. The van der Waals surface area contributed by atoms with Crippen LogP contribution in [-0.4, -0.2) is 0 Å². The fourth-order valence-corrected chi connectivity index (χ4v) is 7.68. The fraction of sp³-hybridized carbons (Fsp3) is 0.0811. The molecule has 0 amide bonds. The molecule has 0 radical (unpaired) electrons. The molecule has 0 aromatic heterocycles. The van der Waals surface area contributed by atoms with E-state index >= 15 is 0 Å². The Hall–Kier alpha value is -5.94. The predicted octanol–water partition coefficient (Wildman–Crippen LogP) is 7.40. The van der Waals surface area contributed by atoms with E-state index in [1.54, 1.807) is 24.3 Å². The van der Waals surface area contributed by atoms with Crippen LogP contribution in [-0.2, 0) is 5.41 Å². The molecule has 3 aliphatic carbocycles. The lowest BCUT2D eigenvalue weighted by molar-refractivity contribution is 0.333. The maximum absolute atomic E-state index is 10.2. The maximum Gasteiger partial charge on any atom is 0.0998 e. The summed E-state index contributed by atoms with van der Waals surface area (Å²) in [6.07, 6.45) is 0. The molecule has 0 fully saturated rings. The Kier molecular flexibility index (Phi) is 4.51. The predicted molar refractivity (Wildman–Crippen MR) is 154 cm³/mol. The zero-order valence-corrected chi connectivity index (χ0v) is 21.7. The smallest absolute Gasteiger partial charge is 0.0998 e. The second-order valence-electron chi connectivity index (χ2n) is 10.9. The summed E-state index contributed by atoms with van der Waals surface area (Å²) in [5.41, 5.74) is 13.1. The van der Waals surface area contributed by atoms with Crippen LogP contribution in [0.1, 0.15) is 67.5 Å². The van der Waals surface area contributed by atoms with Gasteiger partial charge >= 0.3 is 0 Å². The van der Waals surface area contributed by atoms with Gasteiger partial charge in [-0.05, 0) is 104 Å². The van der Waals surface area contributed by atoms with E-state index in [0.717, 1.165) is 22.3 Å². The molecule has 1 spiro atoms. The molecule has 0 aliphatic heterocycles. The SMILES string of the molecule is N#Cc1ccc(-c2cc3c(cc2C#N)C2c4cc(-c5ccc(C#N)cc5)c(C#N)cc4C24c2ccccc2C34)cc1. The van der Waals surface area contributed by atoms with Crippen LogP contribution in [0.25, 0.3) is 22.3 Å². The Morgan fingerprint density at radius 3 is 1.56 bits per heavy atom. The Morgan fingerprint density at radius 1 is 0.463 bits per heavy atom. The summed E-state index contributed by atoms with van der Waals surface area (Å²) in [5, 5.41) is 39.0. The highest BCUT2D eigenvalue weighted by Gasteiger charge is 2.69. The highest BCUT2D eigenvalue weighted by atomic mass is 14.7. The normalized spacial score (nSPS) is 19.7. The van der Waals surface area contributed by atoms with Gasteiger partial charge in [0, 0.05) is 17.3 Å². The lowest BCUT2D eigenvalue weighted by Crippen LogP contribution is -2.52. The summed E-state index contributed by atoms with van der Waals surface area (Å²) in [4.78, 5) is 0. The molecule has 41 heavy (non-hydrogen) atoms. The van der Waals surface area contributed by atoms with Crippen molar-refractivity contribution in [2.45, 2.75) is 17.3 Å². The third-order valence-electron chi connectivity index (χ3n) is 9.31. The number of nitriles is 4. The number of hydrogen-bond donors (Lipinski definition) is 0. The third kappa shape index (κ3) is 2.74. The third-order valence-corrected chi connectivity index (χ3v) is 9.31. The molecule has 5 aromatic rings. The minimum absolute atomic E-state index is 0.0828. The molecule has 186 valence electrons. The molecule has 3 atom stereocenters. The highest BCUT2D eigenvalue weighted by molar-refractivity contribution is 5.85. The van der Waals surface area contributed by atoms with E-state index in [-0.39, 0.29) is 17.3 Å². The second-order valence-corrected chi connectivity index (χ2v) is 10.9. The van der Waals surface area contributed by atoms with Gasteiger partial charge in [-0.1, -0.05) is 48.5 Å². The molecule has 0 bridgehead atoms. The van der Waals surface area contributed by atoms with E-state index in [1.165, 1.54) is 33.4 Å². The first-order chi connectivity index (χ1) is 20.1. The second kappa shape index (κ2) is 8.04. The largest absolute Gasteiger partial charge is 0.192 e. The van der Waals surface area contributed by atoms with Gasteiger partial charge in [0.2, 0.25) is 0 Å². The monoisotopic (exact) mass is 518 g/mol. The Labute approximate surface area is 237 Å². The lowest BCUT2D eigenvalue weighted by Gasteiger charge is -2.58. The molecule has 0 heterocycles. The van der Waals surface area contributed by atoms with Gasteiger partial charge in [0.25, 0.3) is 0 Å². The van der Waals surface area contributed by atoms with Crippen LogP contribution in [0.2, 0.25) is 0 Å². The molecule has 3 aliphatic rings. The molecular weight excluding hydrogens is 500 g/mol. The minimum atomic E-state index is -0.251. The first-order valence-corrected chi connectivity index (χ1v) is 13.4. The molecule has 3 unspecified atom stereocenters. The van der Waals surface area contributed by atoms with Crippen molar-refractivity contribution in [1.82, 2.24) is 0 Å². The molecule has 4 nitrogen and oxygen atoms in total. The van der Waals surface area contributed by atoms with Gasteiger partial charge < -0.3 is 0 Å². The van der Waals surface area contributed by atoms with E-state index in [9.17, 15) is 21.0 Å². The quantitative estimate of drug-likeness (QED) is 0.243. The summed E-state index contributed by atoms with van der Waals surface area (Å²) in [7, 11) is 0. The average Bonchev–Trinajstić information content (AvgIpc) is 3.23. The van der Waals surface area contributed by atoms with E-state index in [4.69, 9.17) is 0 Å². The van der Waals surface area contributed by atoms with Crippen LogP contribution in [0.5, 0.6) is 0 Å². The zero-order chi connectivity index (χ0) is 27.9. The molecular formula is C37H18N4. The summed E-state index contributed by atoms with van der Waals surface area (Å²) in [6.45, 7) is 0. The van der Waals surface area contributed by atoms with Crippen molar-refractivity contribution in [1.29, 1.82) is 21.0 Å². The van der Waals surface area contributed by atoms with Crippen molar-refractivity contribution in [2.75, 3.05) is 0 Å². The van der Waals surface area contributed by atoms with Gasteiger partial charge in [0.1, 0.15) is 0 Å². The number of fused-ring (bicyclic) bond motifs is 7. The van der Waals surface area contributed by atoms with Gasteiger partial charge in [-0.2, -0.15) is 21.0 Å². The van der Waals surface area contributed by atoms with Crippen LogP contribution in [0.4, 0.5) is 0 Å². The van der Waals surface area contributed by atoms with Crippen molar-refractivity contribution in [2.24, 2.45) is 0 Å². The van der Waals surface area contributed by atoms with E-state index in [0.29, 0.717) is 22.3 Å². The first-order valence-electron chi connectivity index (χ1n) is 13.4. The number of nitrogens with zero attached hydrogens (tertiary/aromatic N) is 4. The van der Waals surface area contributed by atoms with Gasteiger partial charge in [0.05, 0.1) is 46.5 Å². The summed E-state index contributed by atoms with van der Waals surface area (Å²) >= 11 is 0. The fourth-order valence-electron chi connectivity index (χ4n) is 7.68. The molecule has 5 aromatic carbocycles. The topological polar surface area (TPSA) is 95.2 Å². The molecule has 0 N–H and O–H groups in total. The number of rotatable bonds is 2. The van der Waals surface area contributed by atoms with Crippen LogP contribution < -0.4 is 0 Å². The summed E-state index contributed by atoms with van der Waals surface area (Å²) in [6, 6.07) is 41.0. The van der Waals surface area contributed by atoms with Gasteiger partial charge in [-0.25, -0.2) is 0 Å². The molecule has 0 saturated carbocycles. The zero-order valence-electron chi connectivity index (χ0n) is 21.7. The maximum atomic E-state index is 10.2. The summed E-state index contributed by atoms with van der Waals surface area (Å²) in [5.74, 6) is 0.225. The lowest BCUT2D eigenvalue weighted by atomic mass is 9.42. The van der Waals surface area contributed by atoms with Gasteiger partial charge in [0.15, 0.2) is 0 Å². The van der Waals surface area contributed by atoms with Gasteiger partial charge in [-0.3, -0.25) is 0 Å². The van der Waals surface area contributed by atoms with Crippen molar-refractivity contribution in [3.05, 3.63) is 153 Å². The minimum Gasteiger partial charge on any atom is -0.192 e. The van der Waals surface area contributed by atoms with Crippen LogP contribution in [0.3, 0.4) is 0 Å². The number of hydrogen-bond acceptors (Lipinski definition) is 4. The highest BCUT2D eigenvalue weighted by Crippen LogP contribution is 2.77. The standard InChI is InChI=1S/C37H18N4/c38-17-21-5-9-23(10-6-21)28-15-31-30(13-25(28)19-40)36-32-16-29(24-11-7-22(18-39)8-12-24)26(20-41)14-34(32)37(36)33-4-2-1-3-27(33)35(31)37/h1-16,35-36H. The van der Waals surface area contributed by atoms with Crippen molar-refractivity contribution < 1.29 is 0 Å². The molecule has 8 rings (SSSR count). The Bertz CT molecular complexity index is 2140. The van der Waals surface area contributed by atoms with Crippen LogP contribution in [0.15, 0.2) is 97.1 Å². The van der Waals surface area contributed by atoms with E-state index < -0.39 is 0 Å². The van der Waals surface area contributed by atoms with Gasteiger partial charge in [-0.15, -0.1) is 0 Å². The average molecular weight is 519 g/mol. The Balaban J connectivity index is 1.36. The number of benzene rings is 5. The first kappa shape index (κ1) is 23.0. The van der Waals surface area contributed by atoms with E-state index in [1.807, 2.05) is 24.3 Å². The Morgan fingerprint density at radius 2 is 0.976 bits per heavy atom. The van der Waals surface area contributed by atoms with Crippen LogP contribution >= 0.6 is 0 Å². The van der Waals surface area contributed by atoms with E-state index in [2.05, 4.69) is 72.8 Å². The molecule has 4 heteroatoms. The van der Waals surface area contributed by atoms with Crippen molar-refractivity contribution in [3.8, 4) is 46.5 Å². The van der Waals surface area contributed by atoms with Crippen molar-refractivity contribution >= 4 is 0 Å².